The van der Waals surface area contributed by atoms with E-state index >= 15 is 0 Å². The quantitative estimate of drug-likeness (QED) is 0.787. The van der Waals surface area contributed by atoms with Crippen molar-refractivity contribution in [1.82, 2.24) is 15.0 Å². The standard InChI is InChI=1S/C22H29N4O/c1-3-16-14-19(22-23-15-27-22)21(25-20(16)4-2)26-12-10-18(11-13-26)24-17-8-6-5-7-9-17/h3-4,14-15,17-18,24H,1-2,5-13H2/q+1. The lowest BCUT2D eigenvalue weighted by Crippen LogP contribution is -2.47. The highest BCUT2D eigenvalue weighted by atomic mass is 16.5. The molecule has 0 atom stereocenters. The summed E-state index contributed by atoms with van der Waals surface area (Å²) in [5.41, 5.74) is 2.75. The molecule has 0 amide bonds. The monoisotopic (exact) mass is 365 g/mol. The number of aromatic nitrogens is 1. The molecule has 5 heteroatoms. The van der Waals surface area contributed by atoms with Crippen molar-refractivity contribution in [2.24, 2.45) is 0 Å². The van der Waals surface area contributed by atoms with Gasteiger partial charge in [0.25, 0.3) is 0 Å². The normalized spacial score (nSPS) is 20.6. The summed E-state index contributed by atoms with van der Waals surface area (Å²) < 4.78 is 9.68. The van der Waals surface area contributed by atoms with E-state index in [4.69, 9.17) is 9.72 Å². The summed E-state index contributed by atoms with van der Waals surface area (Å²) in [5.74, 6) is 1.58. The molecule has 0 radical (unpaired) electrons. The molecule has 0 aromatic carbocycles. The molecular weight excluding hydrogens is 336 g/mol. The Labute approximate surface area is 161 Å². The average Bonchev–Trinajstić information content (AvgIpc) is 2.68. The summed E-state index contributed by atoms with van der Waals surface area (Å²) in [5, 5.41) is 3.90. The number of nitrogens with one attached hydrogen (secondary N) is 1. The van der Waals surface area contributed by atoms with Crippen LogP contribution in [0.2, 0.25) is 0 Å². The van der Waals surface area contributed by atoms with Gasteiger partial charge in [-0.05, 0) is 42.5 Å². The molecule has 4 rings (SSSR count). The zero-order valence-corrected chi connectivity index (χ0v) is 16.0. The average molecular weight is 366 g/mol. The Bertz CT molecular complexity index is 780. The van der Waals surface area contributed by atoms with Crippen molar-refractivity contribution in [3.63, 3.8) is 0 Å². The van der Waals surface area contributed by atoms with E-state index in [-0.39, 0.29) is 0 Å². The van der Waals surface area contributed by atoms with Crippen LogP contribution in [0.5, 0.6) is 0 Å². The van der Waals surface area contributed by atoms with Crippen molar-refractivity contribution in [3.8, 4) is 0 Å². The first kappa shape index (κ1) is 18.0. The Morgan fingerprint density at radius 2 is 1.78 bits per heavy atom. The Hall–Kier alpha value is -2.36. The van der Waals surface area contributed by atoms with Gasteiger partial charge in [0.1, 0.15) is 11.4 Å². The van der Waals surface area contributed by atoms with Gasteiger partial charge in [-0.2, -0.15) is 0 Å². The maximum Gasteiger partial charge on any atom is 0.512 e. The zero-order valence-electron chi connectivity index (χ0n) is 16.0. The van der Waals surface area contributed by atoms with Gasteiger partial charge in [-0.1, -0.05) is 38.5 Å². The fraction of sp³-hybridized carbons (Fsp3) is 0.500. The minimum atomic E-state index is 0.616. The third-order valence-electron chi connectivity index (χ3n) is 5.91. The lowest BCUT2D eigenvalue weighted by atomic mass is 9.93. The van der Waals surface area contributed by atoms with Gasteiger partial charge < -0.3 is 15.0 Å². The molecule has 1 aromatic heterocycles. The van der Waals surface area contributed by atoms with Gasteiger partial charge in [-0.3, -0.25) is 0 Å². The van der Waals surface area contributed by atoms with E-state index in [1.54, 1.807) is 12.2 Å². The molecule has 0 spiro atoms. The summed E-state index contributed by atoms with van der Waals surface area (Å²) in [7, 11) is 0. The SMILES string of the molecule is C=Cc1cc(C2=[N+]=CO2)c(N2CCC(NC3CCCCC3)CC2)nc1C=C. The van der Waals surface area contributed by atoms with Crippen molar-refractivity contribution in [1.29, 1.82) is 0 Å². The van der Waals surface area contributed by atoms with Crippen LogP contribution in [-0.4, -0.2) is 42.5 Å². The molecule has 5 nitrogen and oxygen atoms in total. The van der Waals surface area contributed by atoms with Crippen molar-refractivity contribution in [3.05, 3.63) is 36.0 Å². The van der Waals surface area contributed by atoms with Crippen LogP contribution in [0.25, 0.3) is 12.2 Å². The van der Waals surface area contributed by atoms with Crippen LogP contribution in [0.1, 0.15) is 61.8 Å². The smallest absolute Gasteiger partial charge is 0.356 e. The summed E-state index contributed by atoms with van der Waals surface area (Å²) in [4.78, 5) is 7.23. The van der Waals surface area contributed by atoms with Gasteiger partial charge >= 0.3 is 12.3 Å². The first-order valence-electron chi connectivity index (χ1n) is 10.2. The fourth-order valence-corrected chi connectivity index (χ4v) is 4.36. The van der Waals surface area contributed by atoms with E-state index in [1.807, 2.05) is 0 Å². The lowest BCUT2D eigenvalue weighted by molar-refractivity contribution is 0.307. The molecule has 142 valence electrons. The fourth-order valence-electron chi connectivity index (χ4n) is 4.36. The lowest BCUT2D eigenvalue weighted by Gasteiger charge is -2.36. The number of nitrogens with zero attached hydrogens (tertiary/aromatic N) is 3. The van der Waals surface area contributed by atoms with Gasteiger partial charge in [0.05, 0.1) is 5.69 Å². The van der Waals surface area contributed by atoms with Gasteiger partial charge in [0.15, 0.2) is 0 Å². The minimum absolute atomic E-state index is 0.616. The molecule has 0 unspecified atom stereocenters. The van der Waals surface area contributed by atoms with E-state index in [2.05, 4.69) is 34.1 Å². The number of piperidine rings is 1. The van der Waals surface area contributed by atoms with Crippen molar-refractivity contribution >= 4 is 30.3 Å². The number of rotatable bonds is 6. The molecule has 1 saturated carbocycles. The predicted octanol–water partition coefficient (Wildman–Crippen LogP) is 3.13. The van der Waals surface area contributed by atoms with Crippen LogP contribution < -0.4 is 14.9 Å². The highest BCUT2D eigenvalue weighted by Crippen LogP contribution is 2.27. The summed E-state index contributed by atoms with van der Waals surface area (Å²) in [6, 6.07) is 3.39. The van der Waals surface area contributed by atoms with Crippen molar-refractivity contribution in [2.45, 2.75) is 57.0 Å². The van der Waals surface area contributed by atoms with Crippen LogP contribution in [0, 0.1) is 0 Å². The number of hydrogen-bond donors (Lipinski definition) is 1. The molecule has 3 heterocycles. The highest BCUT2D eigenvalue weighted by Gasteiger charge is 2.32. The van der Waals surface area contributed by atoms with Crippen LogP contribution >= 0.6 is 0 Å². The molecule has 1 aliphatic carbocycles. The van der Waals surface area contributed by atoms with Crippen LogP contribution in [0.15, 0.2) is 19.2 Å². The van der Waals surface area contributed by atoms with E-state index in [9.17, 15) is 0 Å². The van der Waals surface area contributed by atoms with Gasteiger partial charge in [-0.25, -0.2) is 4.98 Å². The molecule has 2 fully saturated rings. The Balaban J connectivity index is 1.49. The second-order valence-electron chi connectivity index (χ2n) is 7.66. The minimum Gasteiger partial charge on any atom is -0.356 e. The Kier molecular flexibility index (Phi) is 5.42. The van der Waals surface area contributed by atoms with Crippen molar-refractivity contribution < 1.29 is 4.74 Å². The Morgan fingerprint density at radius 3 is 2.37 bits per heavy atom. The second kappa shape index (κ2) is 8.12. The molecule has 27 heavy (non-hydrogen) atoms. The summed E-state index contributed by atoms with van der Waals surface area (Å²) >= 11 is 0. The number of hydrogen-bond acceptors (Lipinski definition) is 4. The van der Waals surface area contributed by atoms with E-state index in [0.29, 0.717) is 11.9 Å². The third-order valence-corrected chi connectivity index (χ3v) is 5.91. The maximum absolute atomic E-state index is 5.43. The van der Waals surface area contributed by atoms with Gasteiger partial charge in [0.2, 0.25) is 0 Å². The van der Waals surface area contributed by atoms with Crippen LogP contribution in [-0.2, 0) is 4.74 Å². The molecular formula is C22H29N4O+. The van der Waals surface area contributed by atoms with Crippen LogP contribution in [0.3, 0.4) is 0 Å². The topological polar surface area (TPSA) is 51.5 Å². The third kappa shape index (κ3) is 3.85. The Morgan fingerprint density at radius 1 is 1.07 bits per heavy atom. The molecule has 2 aliphatic heterocycles. The van der Waals surface area contributed by atoms with E-state index < -0.39 is 0 Å². The van der Waals surface area contributed by atoms with Crippen molar-refractivity contribution in [2.75, 3.05) is 18.0 Å². The second-order valence-corrected chi connectivity index (χ2v) is 7.66. The molecule has 1 saturated heterocycles. The molecule has 1 aromatic rings. The zero-order chi connectivity index (χ0) is 18.6. The van der Waals surface area contributed by atoms with E-state index in [0.717, 1.165) is 54.6 Å². The molecule has 3 aliphatic rings. The van der Waals surface area contributed by atoms with E-state index in [1.165, 1.54) is 38.5 Å². The number of pyridine rings is 1. The number of anilines is 1. The number of ether oxygens (including phenoxy) is 1. The molecule has 0 bridgehead atoms. The first-order chi connectivity index (χ1) is 13.3. The van der Waals surface area contributed by atoms with Gasteiger partial charge in [-0.15, -0.1) is 0 Å². The molecule has 1 N–H and O–H groups in total. The predicted molar refractivity (Wildman–Crippen MR) is 113 cm³/mol. The van der Waals surface area contributed by atoms with Gasteiger partial charge in [0, 0.05) is 30.7 Å². The maximum atomic E-state index is 5.43. The summed E-state index contributed by atoms with van der Waals surface area (Å²) in [6.45, 7) is 9.78. The largest absolute Gasteiger partial charge is 0.512 e. The highest BCUT2D eigenvalue weighted by molar-refractivity contribution is 6.06. The summed E-state index contributed by atoms with van der Waals surface area (Å²) in [6.07, 6.45) is 14.2. The van der Waals surface area contributed by atoms with Crippen LogP contribution in [0.4, 0.5) is 5.82 Å². The first-order valence-corrected chi connectivity index (χ1v) is 10.2.